The van der Waals surface area contributed by atoms with Crippen LogP contribution in [0, 0.1) is 18.7 Å². The molecule has 2 aromatic carbocycles. The molecule has 1 aliphatic rings. The van der Waals surface area contributed by atoms with Gasteiger partial charge in [-0.2, -0.15) is 0 Å². The molecule has 0 spiro atoms. The van der Waals surface area contributed by atoms with E-state index in [1.807, 2.05) is 24.4 Å². The third-order valence-corrected chi connectivity index (χ3v) is 7.06. The summed E-state index contributed by atoms with van der Waals surface area (Å²) in [6.07, 6.45) is 5.10. The van der Waals surface area contributed by atoms with Crippen molar-refractivity contribution in [3.8, 4) is 0 Å². The summed E-state index contributed by atoms with van der Waals surface area (Å²) >= 11 is 0. The van der Waals surface area contributed by atoms with Gasteiger partial charge >= 0.3 is 0 Å². The third kappa shape index (κ3) is 6.68. The minimum absolute atomic E-state index is 0.0281. The number of pyridine rings is 1. The highest BCUT2D eigenvalue weighted by Gasteiger charge is 2.29. The van der Waals surface area contributed by atoms with Crippen molar-refractivity contribution in [3.05, 3.63) is 94.6 Å². The van der Waals surface area contributed by atoms with E-state index < -0.39 is 0 Å². The van der Waals surface area contributed by atoms with Crippen molar-refractivity contribution < 1.29 is 9.50 Å². The van der Waals surface area contributed by atoms with Gasteiger partial charge < -0.3 is 10.0 Å². The number of hydrogen-bond acceptors (Lipinski definition) is 4. The zero-order valence-corrected chi connectivity index (χ0v) is 21.3. The van der Waals surface area contributed by atoms with Crippen molar-refractivity contribution in [2.24, 2.45) is 5.92 Å². The molecule has 3 aromatic rings. The third-order valence-electron chi connectivity index (χ3n) is 7.06. The highest BCUT2D eigenvalue weighted by atomic mass is 19.1. The largest absolute Gasteiger partial charge is 0.390 e. The summed E-state index contributed by atoms with van der Waals surface area (Å²) in [4.78, 5) is 9.31. The van der Waals surface area contributed by atoms with Crippen LogP contribution in [0.1, 0.15) is 54.3 Å². The SMILES string of the molecule is Cc1cc(CCC(C)C)ccc1N1CCN(CCc2ccc(CO)nc2)C[C@H]1c1ccc(F)cc1. The van der Waals surface area contributed by atoms with Gasteiger partial charge in [-0.15, -0.1) is 0 Å². The maximum Gasteiger partial charge on any atom is 0.123 e. The second-order valence-electron chi connectivity index (χ2n) is 10.2. The van der Waals surface area contributed by atoms with Crippen LogP contribution < -0.4 is 4.90 Å². The van der Waals surface area contributed by atoms with Gasteiger partial charge in [0.1, 0.15) is 5.82 Å². The van der Waals surface area contributed by atoms with E-state index in [0.717, 1.165) is 44.6 Å². The van der Waals surface area contributed by atoms with Gasteiger partial charge in [-0.3, -0.25) is 9.88 Å². The molecule has 4 nitrogen and oxygen atoms in total. The summed E-state index contributed by atoms with van der Waals surface area (Å²) in [5.74, 6) is 0.506. The Kier molecular flexibility index (Phi) is 8.53. The number of aliphatic hydroxyl groups is 1. The normalized spacial score (nSPS) is 16.7. The predicted molar refractivity (Wildman–Crippen MR) is 141 cm³/mol. The Labute approximate surface area is 209 Å². The van der Waals surface area contributed by atoms with Gasteiger partial charge in [0.2, 0.25) is 0 Å². The van der Waals surface area contributed by atoms with Crippen LogP contribution in [0.5, 0.6) is 0 Å². The molecule has 0 aliphatic carbocycles. The standard InChI is InChI=1S/C30H38FN3O/c1-22(2)4-5-24-7-13-29(23(3)18-24)34-17-16-33(15-14-25-6-12-28(21-35)32-19-25)20-30(34)26-8-10-27(31)11-9-26/h6-13,18-19,22,30,35H,4-5,14-17,20-21H2,1-3H3/t30-/m0/s1. The lowest BCUT2D eigenvalue weighted by molar-refractivity contribution is 0.225. The molecule has 1 N–H and O–H groups in total. The number of halogens is 1. The molecular formula is C30H38FN3O. The van der Waals surface area contributed by atoms with Crippen molar-refractivity contribution in [2.45, 2.75) is 52.7 Å². The van der Waals surface area contributed by atoms with Crippen LogP contribution in [0.25, 0.3) is 0 Å². The quantitative estimate of drug-likeness (QED) is 0.430. The first-order valence-electron chi connectivity index (χ1n) is 12.8. The average Bonchev–Trinajstić information content (AvgIpc) is 2.87. The Hall–Kier alpha value is -2.76. The van der Waals surface area contributed by atoms with Gasteiger partial charge in [-0.1, -0.05) is 44.2 Å². The number of aryl methyl sites for hydroxylation is 2. The summed E-state index contributed by atoms with van der Waals surface area (Å²) in [6.45, 7) is 10.5. The van der Waals surface area contributed by atoms with Crippen molar-refractivity contribution in [3.63, 3.8) is 0 Å². The van der Waals surface area contributed by atoms with E-state index in [9.17, 15) is 9.50 Å². The number of piperazine rings is 1. The van der Waals surface area contributed by atoms with Crippen LogP contribution in [0.15, 0.2) is 60.8 Å². The number of aliphatic hydroxyl groups excluding tert-OH is 1. The van der Waals surface area contributed by atoms with Crippen molar-refractivity contribution in [1.82, 2.24) is 9.88 Å². The highest BCUT2D eigenvalue weighted by molar-refractivity contribution is 5.57. The summed E-state index contributed by atoms with van der Waals surface area (Å²) in [5.41, 5.74) is 7.00. The molecule has 1 aliphatic heterocycles. The van der Waals surface area contributed by atoms with Crippen LogP contribution in [-0.2, 0) is 19.4 Å². The number of rotatable bonds is 9. The van der Waals surface area contributed by atoms with Gasteiger partial charge in [-0.05, 0) is 78.6 Å². The molecule has 0 bridgehead atoms. The predicted octanol–water partition coefficient (Wildman–Crippen LogP) is 5.72. The van der Waals surface area contributed by atoms with E-state index >= 15 is 0 Å². The first kappa shape index (κ1) is 25.3. The van der Waals surface area contributed by atoms with Crippen LogP contribution in [0.3, 0.4) is 0 Å². The molecule has 5 heteroatoms. The van der Waals surface area contributed by atoms with E-state index in [0.29, 0.717) is 11.6 Å². The molecule has 2 heterocycles. The fraction of sp³-hybridized carbons (Fsp3) is 0.433. The minimum Gasteiger partial charge on any atom is -0.390 e. The zero-order chi connectivity index (χ0) is 24.8. The lowest BCUT2D eigenvalue weighted by atomic mass is 9.97. The summed E-state index contributed by atoms with van der Waals surface area (Å²) < 4.78 is 13.7. The van der Waals surface area contributed by atoms with Crippen molar-refractivity contribution >= 4 is 5.69 Å². The second kappa shape index (κ2) is 11.8. The first-order chi connectivity index (χ1) is 16.9. The fourth-order valence-corrected chi connectivity index (χ4v) is 4.94. The van der Waals surface area contributed by atoms with Gasteiger partial charge in [0.05, 0.1) is 18.3 Å². The first-order valence-corrected chi connectivity index (χ1v) is 12.8. The van der Waals surface area contributed by atoms with Crippen LogP contribution in [-0.4, -0.2) is 41.2 Å². The zero-order valence-electron chi connectivity index (χ0n) is 21.3. The van der Waals surface area contributed by atoms with Crippen LogP contribution >= 0.6 is 0 Å². The van der Waals surface area contributed by atoms with Crippen molar-refractivity contribution in [2.75, 3.05) is 31.1 Å². The number of nitrogens with zero attached hydrogens (tertiary/aromatic N) is 3. The Morgan fingerprint density at radius 1 is 1.00 bits per heavy atom. The molecule has 0 unspecified atom stereocenters. The number of aromatic nitrogens is 1. The van der Waals surface area contributed by atoms with E-state index in [-0.39, 0.29) is 18.5 Å². The van der Waals surface area contributed by atoms with E-state index in [1.165, 1.54) is 28.8 Å². The molecule has 1 fully saturated rings. The molecule has 1 saturated heterocycles. The number of hydrogen-bond donors (Lipinski definition) is 1. The Morgan fingerprint density at radius 3 is 2.43 bits per heavy atom. The molecule has 4 rings (SSSR count). The minimum atomic E-state index is -0.197. The van der Waals surface area contributed by atoms with E-state index in [4.69, 9.17) is 0 Å². The van der Waals surface area contributed by atoms with E-state index in [2.05, 4.69) is 59.8 Å². The van der Waals surface area contributed by atoms with Gasteiger partial charge in [0.15, 0.2) is 0 Å². The second-order valence-corrected chi connectivity index (χ2v) is 10.2. The average molecular weight is 476 g/mol. The molecular weight excluding hydrogens is 437 g/mol. The highest BCUT2D eigenvalue weighted by Crippen LogP contribution is 2.33. The van der Waals surface area contributed by atoms with Crippen LogP contribution in [0.4, 0.5) is 10.1 Å². The van der Waals surface area contributed by atoms with Gasteiger partial charge in [0.25, 0.3) is 0 Å². The summed E-state index contributed by atoms with van der Waals surface area (Å²) in [6, 6.07) is 18.0. The van der Waals surface area contributed by atoms with Gasteiger partial charge in [0, 0.05) is 38.1 Å². The smallest absolute Gasteiger partial charge is 0.123 e. The number of anilines is 1. The lowest BCUT2D eigenvalue weighted by Gasteiger charge is -2.44. The Bertz CT molecular complexity index is 1080. The van der Waals surface area contributed by atoms with Crippen LogP contribution in [0.2, 0.25) is 0 Å². The molecule has 0 radical (unpaired) electrons. The molecule has 1 aromatic heterocycles. The molecule has 0 amide bonds. The molecule has 186 valence electrons. The van der Waals surface area contributed by atoms with E-state index in [1.54, 1.807) is 12.1 Å². The lowest BCUT2D eigenvalue weighted by Crippen LogP contribution is -2.49. The maximum absolute atomic E-state index is 13.7. The van der Waals surface area contributed by atoms with Gasteiger partial charge in [-0.25, -0.2) is 4.39 Å². The molecule has 1 atom stereocenters. The maximum atomic E-state index is 13.7. The Morgan fingerprint density at radius 2 is 1.77 bits per heavy atom. The fourth-order valence-electron chi connectivity index (χ4n) is 4.94. The topological polar surface area (TPSA) is 39.6 Å². The monoisotopic (exact) mass is 475 g/mol. The molecule has 0 saturated carbocycles. The summed E-state index contributed by atoms with van der Waals surface area (Å²) in [5, 5.41) is 9.22. The Balaban J connectivity index is 1.50. The van der Waals surface area contributed by atoms with Crippen molar-refractivity contribution in [1.29, 1.82) is 0 Å². The summed E-state index contributed by atoms with van der Waals surface area (Å²) in [7, 11) is 0. The number of benzene rings is 2. The molecule has 35 heavy (non-hydrogen) atoms.